The summed E-state index contributed by atoms with van der Waals surface area (Å²) in [7, 11) is 0. The number of carboxylic acid groups (broad SMARTS) is 1. The molecule has 0 unspecified atom stereocenters. The maximum atomic E-state index is 9.99. The molecule has 134 valence electrons. The van der Waals surface area contributed by atoms with Crippen LogP contribution in [-0.2, 0) is 6.42 Å². The minimum absolute atomic E-state index is 0.129. The highest BCUT2D eigenvalue weighted by molar-refractivity contribution is 5.64. The number of aliphatic hydroxyl groups excluding tert-OH is 1. The van der Waals surface area contributed by atoms with E-state index in [1.54, 1.807) is 6.92 Å². The van der Waals surface area contributed by atoms with Crippen LogP contribution in [0.15, 0.2) is 36.9 Å². The van der Waals surface area contributed by atoms with Gasteiger partial charge in [-0.25, -0.2) is 4.79 Å². The largest absolute Gasteiger partial charge is 0.486 e. The number of likely N-dealkylation sites (tertiary alicyclic amines) is 1. The lowest BCUT2D eigenvalue weighted by molar-refractivity contribution is 0.0731. The fraction of sp³-hybridized carbons (Fsp3) is 0.500. The fourth-order valence-corrected chi connectivity index (χ4v) is 2.46. The first-order chi connectivity index (χ1) is 11.5. The van der Waals surface area contributed by atoms with Gasteiger partial charge in [0.05, 0.1) is 0 Å². The van der Waals surface area contributed by atoms with E-state index in [2.05, 4.69) is 23.7 Å². The summed E-state index contributed by atoms with van der Waals surface area (Å²) in [5, 5.41) is 19.9. The first-order valence-electron chi connectivity index (χ1n) is 8.24. The van der Waals surface area contributed by atoms with E-state index in [4.69, 9.17) is 9.84 Å². The van der Waals surface area contributed by atoms with Crippen LogP contribution in [0.25, 0.3) is 0 Å². The molecule has 0 aliphatic carbocycles. The Labute approximate surface area is 143 Å². The number of β-amino-alcohol motifs (C(OH)–C–C–N with tert-alkyl or cyclic N) is 1. The van der Waals surface area contributed by atoms with Gasteiger partial charge >= 0.3 is 6.09 Å². The second-order valence-corrected chi connectivity index (χ2v) is 5.51. The van der Waals surface area contributed by atoms with Crippen molar-refractivity contribution in [1.29, 1.82) is 0 Å². The number of nitrogens with zero attached hydrogens (tertiary/aromatic N) is 1. The molecule has 1 aliphatic heterocycles. The van der Waals surface area contributed by atoms with Gasteiger partial charge in [0.25, 0.3) is 0 Å². The molecule has 1 aromatic rings. The van der Waals surface area contributed by atoms with Gasteiger partial charge in [0.15, 0.2) is 0 Å². The summed E-state index contributed by atoms with van der Waals surface area (Å²) in [6.07, 6.45) is 1.16. The number of allylic oxidation sites excluding steroid dienone is 1. The zero-order chi connectivity index (χ0) is 17.9. The van der Waals surface area contributed by atoms with Crippen molar-refractivity contribution in [2.45, 2.75) is 32.5 Å². The van der Waals surface area contributed by atoms with Gasteiger partial charge in [-0.15, -0.1) is 6.58 Å². The molecule has 2 rings (SSSR count). The van der Waals surface area contributed by atoms with Gasteiger partial charge < -0.3 is 20.3 Å². The monoisotopic (exact) mass is 336 g/mol. The summed E-state index contributed by atoms with van der Waals surface area (Å²) in [4.78, 5) is 11.7. The van der Waals surface area contributed by atoms with E-state index in [9.17, 15) is 9.90 Å². The third-order valence-corrected chi connectivity index (χ3v) is 3.70. The molecular formula is C18H28N2O4. The predicted octanol–water partition coefficient (Wildman–Crippen LogP) is 2.13. The van der Waals surface area contributed by atoms with Crippen LogP contribution in [0.1, 0.15) is 19.4 Å². The van der Waals surface area contributed by atoms with Crippen molar-refractivity contribution in [3.63, 3.8) is 0 Å². The number of likely N-dealkylation sites (N-methyl/N-ethyl adjacent to an activating group) is 1. The van der Waals surface area contributed by atoms with Crippen LogP contribution >= 0.6 is 0 Å². The zero-order valence-corrected chi connectivity index (χ0v) is 14.4. The molecule has 24 heavy (non-hydrogen) atoms. The highest BCUT2D eigenvalue weighted by Crippen LogP contribution is 2.23. The zero-order valence-electron chi connectivity index (χ0n) is 14.4. The molecule has 0 bridgehead atoms. The predicted molar refractivity (Wildman–Crippen MR) is 94.6 cm³/mol. The molecule has 1 aromatic carbocycles. The molecule has 0 radical (unpaired) electrons. The summed E-state index contributed by atoms with van der Waals surface area (Å²) in [5.74, 6) is 0.861. The average molecular weight is 336 g/mol. The van der Waals surface area contributed by atoms with Crippen LogP contribution in [0.5, 0.6) is 5.75 Å². The Morgan fingerprint density at radius 3 is 2.62 bits per heavy atom. The lowest BCUT2D eigenvalue weighted by Crippen LogP contribution is -2.30. The second-order valence-electron chi connectivity index (χ2n) is 5.51. The molecule has 0 aromatic heterocycles. The number of hydrogen-bond acceptors (Lipinski definition) is 4. The van der Waals surface area contributed by atoms with Gasteiger partial charge in [-0.2, -0.15) is 0 Å². The van der Waals surface area contributed by atoms with E-state index in [1.807, 2.05) is 30.3 Å². The van der Waals surface area contributed by atoms with E-state index < -0.39 is 12.2 Å². The van der Waals surface area contributed by atoms with Crippen molar-refractivity contribution >= 4 is 6.09 Å². The standard InChI is InChI=1S/C15H21NO2.C3H7NO2/c1-3-7-12-8-5-6-9-14(12)18-15-11-16(4-2)10-13(15)17;1-2-4-3(5)6/h3,5-6,8-9,13,15,17H,1,4,7,10-11H2,2H3;4H,2H2,1H3,(H,5,6)/t13-,15-;/m1./s1. The molecule has 0 spiro atoms. The van der Waals surface area contributed by atoms with Gasteiger partial charge in [0.2, 0.25) is 0 Å². The Hall–Kier alpha value is -2.05. The number of amides is 1. The molecule has 1 heterocycles. The minimum Gasteiger partial charge on any atom is -0.486 e. The molecule has 2 atom stereocenters. The van der Waals surface area contributed by atoms with Crippen LogP contribution in [0.4, 0.5) is 4.79 Å². The number of benzene rings is 1. The molecular weight excluding hydrogens is 308 g/mol. The third kappa shape index (κ3) is 6.60. The van der Waals surface area contributed by atoms with Gasteiger partial charge in [0.1, 0.15) is 18.0 Å². The summed E-state index contributed by atoms with van der Waals surface area (Å²) in [5.41, 5.74) is 1.12. The third-order valence-electron chi connectivity index (χ3n) is 3.70. The lowest BCUT2D eigenvalue weighted by Gasteiger charge is -2.18. The first-order valence-corrected chi connectivity index (χ1v) is 8.24. The number of ether oxygens (including phenoxy) is 1. The Morgan fingerprint density at radius 1 is 1.42 bits per heavy atom. The van der Waals surface area contributed by atoms with E-state index >= 15 is 0 Å². The average Bonchev–Trinajstić information content (AvgIpc) is 2.90. The normalized spacial score (nSPS) is 20.0. The topological polar surface area (TPSA) is 82.0 Å². The van der Waals surface area contributed by atoms with Crippen LogP contribution in [0.2, 0.25) is 0 Å². The molecule has 1 amide bonds. The fourth-order valence-electron chi connectivity index (χ4n) is 2.46. The lowest BCUT2D eigenvalue weighted by atomic mass is 10.1. The summed E-state index contributed by atoms with van der Waals surface area (Å²) < 4.78 is 5.96. The smallest absolute Gasteiger partial charge is 0.404 e. The van der Waals surface area contributed by atoms with Crippen molar-refractivity contribution in [3.8, 4) is 5.75 Å². The van der Waals surface area contributed by atoms with E-state index in [0.29, 0.717) is 13.1 Å². The second kappa shape index (κ2) is 10.7. The molecule has 1 saturated heterocycles. The molecule has 0 saturated carbocycles. The number of aliphatic hydroxyl groups is 1. The van der Waals surface area contributed by atoms with E-state index in [1.165, 1.54) is 0 Å². The quantitative estimate of drug-likeness (QED) is 0.693. The highest BCUT2D eigenvalue weighted by atomic mass is 16.5. The van der Waals surface area contributed by atoms with Crippen molar-refractivity contribution in [2.75, 3.05) is 26.2 Å². The maximum absolute atomic E-state index is 9.99. The summed E-state index contributed by atoms with van der Waals surface area (Å²) >= 11 is 0. The molecule has 1 fully saturated rings. The first kappa shape index (κ1) is 20.0. The van der Waals surface area contributed by atoms with E-state index in [-0.39, 0.29) is 6.10 Å². The van der Waals surface area contributed by atoms with Gasteiger partial charge in [-0.3, -0.25) is 4.90 Å². The van der Waals surface area contributed by atoms with Crippen LogP contribution < -0.4 is 10.1 Å². The van der Waals surface area contributed by atoms with Gasteiger partial charge in [0, 0.05) is 19.6 Å². The van der Waals surface area contributed by atoms with Crippen LogP contribution in [-0.4, -0.2) is 59.6 Å². The van der Waals surface area contributed by atoms with Crippen molar-refractivity contribution in [3.05, 3.63) is 42.5 Å². The van der Waals surface area contributed by atoms with Crippen LogP contribution in [0.3, 0.4) is 0 Å². The Morgan fingerprint density at radius 2 is 2.12 bits per heavy atom. The van der Waals surface area contributed by atoms with E-state index in [0.717, 1.165) is 30.8 Å². The molecule has 1 aliphatic rings. The summed E-state index contributed by atoms with van der Waals surface area (Å²) in [6, 6.07) is 7.95. The SMILES string of the molecule is C=CCc1ccccc1O[C@@H]1CN(CC)C[C@H]1O.CCNC(=O)O. The molecule has 6 heteroatoms. The van der Waals surface area contributed by atoms with Crippen molar-refractivity contribution < 1.29 is 19.7 Å². The number of carbonyl (C=O) groups is 1. The highest BCUT2D eigenvalue weighted by Gasteiger charge is 2.32. The minimum atomic E-state index is -0.961. The Bertz CT molecular complexity index is 521. The van der Waals surface area contributed by atoms with Crippen molar-refractivity contribution in [1.82, 2.24) is 10.2 Å². The summed E-state index contributed by atoms with van der Waals surface area (Å²) in [6.45, 7) is 10.5. The number of rotatable bonds is 6. The molecule has 6 nitrogen and oxygen atoms in total. The number of hydrogen-bond donors (Lipinski definition) is 3. The van der Waals surface area contributed by atoms with Crippen LogP contribution in [0, 0.1) is 0 Å². The Kier molecular flexibility index (Phi) is 8.89. The van der Waals surface area contributed by atoms with Gasteiger partial charge in [-0.1, -0.05) is 31.2 Å². The number of nitrogens with one attached hydrogen (secondary N) is 1. The molecule has 3 N–H and O–H groups in total. The maximum Gasteiger partial charge on any atom is 0.404 e. The van der Waals surface area contributed by atoms with Crippen molar-refractivity contribution in [2.24, 2.45) is 0 Å². The van der Waals surface area contributed by atoms with Gasteiger partial charge in [-0.05, 0) is 31.5 Å². The number of para-hydroxylation sites is 1. The Balaban J connectivity index is 0.000000413.